The molecule has 1 aromatic carbocycles. The molecule has 0 saturated carbocycles. The first-order valence-electron chi connectivity index (χ1n) is 7.85. The minimum atomic E-state index is -0.135. The van der Waals surface area contributed by atoms with Crippen LogP contribution >= 0.6 is 23.7 Å². The average Bonchev–Trinajstić information content (AvgIpc) is 3.06. The molecule has 0 radical (unpaired) electrons. The van der Waals surface area contributed by atoms with Gasteiger partial charge in [-0.25, -0.2) is 0 Å². The number of nitrogens with two attached hydrogens (primary N) is 1. The summed E-state index contributed by atoms with van der Waals surface area (Å²) in [7, 11) is 0. The van der Waals surface area contributed by atoms with Crippen LogP contribution < -0.4 is 11.1 Å². The first-order valence-corrected chi connectivity index (χ1v) is 8.73. The van der Waals surface area contributed by atoms with Crippen LogP contribution in [0.15, 0.2) is 47.8 Å². The Labute approximate surface area is 148 Å². The highest BCUT2D eigenvalue weighted by molar-refractivity contribution is 7.09. The molecule has 0 aliphatic carbocycles. The topological polar surface area (TPSA) is 55.1 Å². The molecule has 0 fully saturated rings. The Morgan fingerprint density at radius 1 is 1.09 bits per heavy atom. The molecule has 2 rings (SSSR count). The van der Waals surface area contributed by atoms with E-state index in [-0.39, 0.29) is 24.4 Å². The molecule has 0 aliphatic rings. The number of hydrogen-bond acceptors (Lipinski definition) is 3. The molecule has 2 aromatic rings. The Hall–Kier alpha value is -1.36. The minimum absolute atomic E-state index is 0. The minimum Gasteiger partial charge on any atom is -0.354 e. The fourth-order valence-electron chi connectivity index (χ4n) is 2.35. The molecular formula is C18H25ClN2OS. The highest BCUT2D eigenvalue weighted by atomic mass is 35.5. The van der Waals surface area contributed by atoms with Crippen molar-refractivity contribution in [2.24, 2.45) is 5.73 Å². The van der Waals surface area contributed by atoms with Gasteiger partial charge in [0.05, 0.1) is 0 Å². The summed E-state index contributed by atoms with van der Waals surface area (Å²) in [4.78, 5) is 13.2. The third kappa shape index (κ3) is 7.64. The first kappa shape index (κ1) is 19.7. The van der Waals surface area contributed by atoms with E-state index in [1.54, 1.807) is 11.3 Å². The van der Waals surface area contributed by atoms with Crippen molar-refractivity contribution in [2.75, 3.05) is 6.54 Å². The highest BCUT2D eigenvalue weighted by Gasteiger charge is 2.07. The van der Waals surface area contributed by atoms with E-state index in [0.29, 0.717) is 13.0 Å². The van der Waals surface area contributed by atoms with Gasteiger partial charge < -0.3 is 11.1 Å². The van der Waals surface area contributed by atoms with Crippen molar-refractivity contribution in [3.8, 4) is 0 Å². The monoisotopic (exact) mass is 352 g/mol. The lowest BCUT2D eigenvalue weighted by Crippen LogP contribution is -2.31. The van der Waals surface area contributed by atoms with Gasteiger partial charge in [-0.15, -0.1) is 23.7 Å². The largest absolute Gasteiger partial charge is 0.354 e. The van der Waals surface area contributed by atoms with Gasteiger partial charge in [-0.05, 0) is 36.3 Å². The third-order valence-corrected chi connectivity index (χ3v) is 4.59. The molecule has 3 N–H and O–H groups in total. The maximum atomic E-state index is 11.8. The van der Waals surface area contributed by atoms with Gasteiger partial charge in [0.1, 0.15) is 0 Å². The number of halogens is 1. The second kappa shape index (κ2) is 11.2. The summed E-state index contributed by atoms with van der Waals surface area (Å²) in [5, 5.41) is 5.03. The van der Waals surface area contributed by atoms with E-state index in [9.17, 15) is 4.79 Å². The number of carbonyl (C=O) groups is 1. The van der Waals surface area contributed by atoms with Gasteiger partial charge in [0.25, 0.3) is 0 Å². The molecule has 0 spiro atoms. The van der Waals surface area contributed by atoms with Crippen LogP contribution in [0.5, 0.6) is 0 Å². The Balaban J connectivity index is 0.00000264. The number of hydrogen-bond donors (Lipinski definition) is 2. The number of thiophene rings is 1. The lowest BCUT2D eigenvalue weighted by Gasteiger charge is -2.13. The van der Waals surface area contributed by atoms with E-state index in [1.165, 1.54) is 4.88 Å². The van der Waals surface area contributed by atoms with E-state index >= 15 is 0 Å². The molecule has 126 valence electrons. The molecule has 5 heteroatoms. The van der Waals surface area contributed by atoms with Crippen LogP contribution in [-0.2, 0) is 11.2 Å². The predicted molar refractivity (Wildman–Crippen MR) is 100 cm³/mol. The van der Waals surface area contributed by atoms with Gasteiger partial charge in [0, 0.05) is 23.9 Å². The molecule has 0 bridgehead atoms. The maximum absolute atomic E-state index is 11.8. The number of carbonyl (C=O) groups excluding carboxylic acids is 1. The van der Waals surface area contributed by atoms with Gasteiger partial charge in [0.15, 0.2) is 0 Å². The summed E-state index contributed by atoms with van der Waals surface area (Å²) in [5.41, 5.74) is 7.11. The zero-order chi connectivity index (χ0) is 15.6. The van der Waals surface area contributed by atoms with Crippen LogP contribution in [0.3, 0.4) is 0 Å². The van der Waals surface area contributed by atoms with Crippen molar-refractivity contribution in [2.45, 2.75) is 38.1 Å². The van der Waals surface area contributed by atoms with E-state index in [2.05, 4.69) is 22.8 Å². The molecule has 1 aromatic heterocycles. The summed E-state index contributed by atoms with van der Waals surface area (Å²) >= 11 is 1.80. The van der Waals surface area contributed by atoms with E-state index in [0.717, 1.165) is 31.2 Å². The fourth-order valence-corrected chi connectivity index (χ4v) is 3.10. The standard InChI is InChI=1S/C18H24N2OS.ClH/c19-17(15-8-3-1-4-9-15)14-20-18(21)12-6-2-5-10-16-11-7-13-22-16;/h1,3-4,7-9,11,13,17H,2,5-6,10,12,14,19H2,(H,20,21);1H. The van der Waals surface area contributed by atoms with Crippen molar-refractivity contribution >= 4 is 29.7 Å². The maximum Gasteiger partial charge on any atom is 0.220 e. The molecule has 1 amide bonds. The Morgan fingerprint density at radius 2 is 1.87 bits per heavy atom. The summed E-state index contributed by atoms with van der Waals surface area (Å²) < 4.78 is 0. The van der Waals surface area contributed by atoms with Crippen LogP contribution in [0.1, 0.15) is 42.2 Å². The number of benzene rings is 1. The number of rotatable bonds is 9. The second-order valence-electron chi connectivity index (χ2n) is 5.46. The molecule has 0 aliphatic heterocycles. The van der Waals surface area contributed by atoms with Gasteiger partial charge in [-0.2, -0.15) is 0 Å². The number of amides is 1. The molecular weight excluding hydrogens is 328 g/mol. The first-order chi connectivity index (χ1) is 10.8. The van der Waals surface area contributed by atoms with Crippen molar-refractivity contribution in [1.82, 2.24) is 5.32 Å². The normalized spacial score (nSPS) is 11.5. The summed E-state index contributed by atoms with van der Waals surface area (Å²) in [5.74, 6) is 0.0995. The van der Waals surface area contributed by atoms with Crippen molar-refractivity contribution in [1.29, 1.82) is 0 Å². The van der Waals surface area contributed by atoms with E-state index in [4.69, 9.17) is 5.73 Å². The zero-order valence-corrected chi connectivity index (χ0v) is 14.9. The van der Waals surface area contributed by atoms with Crippen LogP contribution in [0.4, 0.5) is 0 Å². The Bertz CT molecular complexity index is 545. The van der Waals surface area contributed by atoms with E-state index in [1.807, 2.05) is 30.3 Å². The van der Waals surface area contributed by atoms with Crippen LogP contribution in [0.25, 0.3) is 0 Å². The van der Waals surface area contributed by atoms with Gasteiger partial charge in [-0.3, -0.25) is 4.79 Å². The van der Waals surface area contributed by atoms with Crippen molar-refractivity contribution < 1.29 is 4.79 Å². The molecule has 1 heterocycles. The Morgan fingerprint density at radius 3 is 2.57 bits per heavy atom. The zero-order valence-electron chi connectivity index (χ0n) is 13.2. The molecule has 3 nitrogen and oxygen atoms in total. The van der Waals surface area contributed by atoms with E-state index < -0.39 is 0 Å². The summed E-state index contributed by atoms with van der Waals surface area (Å²) in [6.45, 7) is 0.498. The number of aryl methyl sites for hydroxylation is 1. The molecule has 0 saturated heterocycles. The fraction of sp³-hybridized carbons (Fsp3) is 0.389. The second-order valence-corrected chi connectivity index (χ2v) is 6.49. The highest BCUT2D eigenvalue weighted by Crippen LogP contribution is 2.13. The van der Waals surface area contributed by atoms with Gasteiger partial charge in [0.2, 0.25) is 5.91 Å². The number of nitrogens with one attached hydrogen (secondary N) is 1. The molecule has 23 heavy (non-hydrogen) atoms. The quantitative estimate of drug-likeness (QED) is 0.668. The molecule has 1 unspecified atom stereocenters. The van der Waals surface area contributed by atoms with Crippen molar-refractivity contribution in [3.05, 3.63) is 58.3 Å². The van der Waals surface area contributed by atoms with Crippen molar-refractivity contribution in [3.63, 3.8) is 0 Å². The number of unbranched alkanes of at least 4 members (excludes halogenated alkanes) is 2. The molecule has 1 atom stereocenters. The van der Waals surface area contributed by atoms with Gasteiger partial charge in [-0.1, -0.05) is 42.8 Å². The lowest BCUT2D eigenvalue weighted by molar-refractivity contribution is -0.121. The summed E-state index contributed by atoms with van der Waals surface area (Å²) in [6, 6.07) is 14.0. The Kier molecular flexibility index (Phi) is 9.60. The van der Waals surface area contributed by atoms with Gasteiger partial charge >= 0.3 is 0 Å². The average molecular weight is 353 g/mol. The van der Waals surface area contributed by atoms with Crippen LogP contribution in [0.2, 0.25) is 0 Å². The smallest absolute Gasteiger partial charge is 0.220 e. The SMILES string of the molecule is Cl.NC(CNC(=O)CCCCCc1cccs1)c1ccccc1. The van der Waals surface area contributed by atoms with Crippen LogP contribution in [-0.4, -0.2) is 12.5 Å². The predicted octanol–water partition coefficient (Wildman–Crippen LogP) is 4.09. The van der Waals surface area contributed by atoms with Crippen LogP contribution in [0, 0.1) is 0 Å². The third-order valence-electron chi connectivity index (χ3n) is 3.65. The lowest BCUT2D eigenvalue weighted by atomic mass is 10.1. The summed E-state index contributed by atoms with van der Waals surface area (Å²) in [6.07, 6.45) is 4.90.